The van der Waals surface area contributed by atoms with Crippen LogP contribution in [-0.2, 0) is 21.4 Å². The van der Waals surface area contributed by atoms with Crippen molar-refractivity contribution in [2.24, 2.45) is 0 Å². The third-order valence-corrected chi connectivity index (χ3v) is 6.35. The van der Waals surface area contributed by atoms with Crippen LogP contribution in [0.4, 0.5) is 0 Å². The molecule has 136 valence electrons. The maximum absolute atomic E-state index is 12.8. The van der Waals surface area contributed by atoms with Crippen LogP contribution in [0.25, 0.3) is 0 Å². The molecule has 0 aliphatic carbocycles. The Kier molecular flexibility index (Phi) is 5.36. The van der Waals surface area contributed by atoms with Crippen LogP contribution >= 0.6 is 0 Å². The van der Waals surface area contributed by atoms with E-state index in [1.807, 2.05) is 4.57 Å². The molecule has 1 aliphatic heterocycles. The van der Waals surface area contributed by atoms with Crippen LogP contribution in [0.2, 0.25) is 0 Å². The van der Waals surface area contributed by atoms with E-state index in [1.54, 1.807) is 44.8 Å². The molecule has 9 heteroatoms. The summed E-state index contributed by atoms with van der Waals surface area (Å²) < 4.78 is 39.3. The van der Waals surface area contributed by atoms with E-state index in [2.05, 4.69) is 10.2 Å². The van der Waals surface area contributed by atoms with Gasteiger partial charge in [-0.1, -0.05) is 0 Å². The number of aromatic nitrogens is 3. The Hall–Kier alpha value is -1.97. The fourth-order valence-corrected chi connectivity index (χ4v) is 4.53. The van der Waals surface area contributed by atoms with Crippen LogP contribution in [-0.4, -0.2) is 54.8 Å². The SMILES string of the molecule is COCc1nncn1C1CCN(S(=O)(=O)c2ccc(OC)cc2)CC1. The second-order valence-corrected chi connectivity index (χ2v) is 7.84. The average molecular weight is 366 g/mol. The van der Waals surface area contributed by atoms with Gasteiger partial charge in [0.15, 0.2) is 5.82 Å². The van der Waals surface area contributed by atoms with Gasteiger partial charge in [-0.15, -0.1) is 10.2 Å². The number of hydrogen-bond acceptors (Lipinski definition) is 6. The zero-order valence-corrected chi connectivity index (χ0v) is 15.1. The van der Waals surface area contributed by atoms with Crippen molar-refractivity contribution in [1.82, 2.24) is 19.1 Å². The highest BCUT2D eigenvalue weighted by atomic mass is 32.2. The standard InChI is InChI=1S/C16H22N4O4S/c1-23-11-16-18-17-12-20(16)13-7-9-19(10-8-13)25(21,22)15-5-3-14(24-2)4-6-15/h3-6,12-13H,7-11H2,1-2H3. The molecule has 0 spiro atoms. The fraction of sp³-hybridized carbons (Fsp3) is 0.500. The number of rotatable bonds is 6. The molecule has 0 N–H and O–H groups in total. The minimum atomic E-state index is -3.49. The smallest absolute Gasteiger partial charge is 0.243 e. The molecule has 0 saturated carbocycles. The number of sulfonamides is 1. The third-order valence-electron chi connectivity index (χ3n) is 4.43. The zero-order chi connectivity index (χ0) is 17.9. The van der Waals surface area contributed by atoms with Crippen LogP contribution in [0.1, 0.15) is 24.7 Å². The van der Waals surface area contributed by atoms with E-state index < -0.39 is 10.0 Å². The number of nitrogens with zero attached hydrogens (tertiary/aromatic N) is 4. The molecule has 1 fully saturated rings. The highest BCUT2D eigenvalue weighted by Crippen LogP contribution is 2.28. The molecular formula is C16H22N4O4S. The van der Waals surface area contributed by atoms with Gasteiger partial charge in [0.05, 0.1) is 12.0 Å². The van der Waals surface area contributed by atoms with E-state index in [4.69, 9.17) is 9.47 Å². The van der Waals surface area contributed by atoms with Crippen molar-refractivity contribution < 1.29 is 17.9 Å². The number of methoxy groups -OCH3 is 2. The minimum absolute atomic E-state index is 0.183. The van der Waals surface area contributed by atoms with Gasteiger partial charge in [0.1, 0.15) is 18.7 Å². The van der Waals surface area contributed by atoms with Gasteiger partial charge in [0, 0.05) is 26.2 Å². The molecule has 1 aromatic carbocycles. The molecule has 0 bridgehead atoms. The van der Waals surface area contributed by atoms with Crippen LogP contribution in [0.15, 0.2) is 35.5 Å². The number of hydrogen-bond donors (Lipinski definition) is 0. The van der Waals surface area contributed by atoms with Gasteiger partial charge in [-0.05, 0) is 37.1 Å². The number of ether oxygens (including phenoxy) is 2. The lowest BCUT2D eigenvalue weighted by Gasteiger charge is -2.32. The molecule has 0 radical (unpaired) electrons. The summed E-state index contributed by atoms with van der Waals surface area (Å²) in [6.45, 7) is 1.32. The highest BCUT2D eigenvalue weighted by Gasteiger charge is 2.30. The normalized spacial score (nSPS) is 16.9. The maximum Gasteiger partial charge on any atom is 0.243 e. The first kappa shape index (κ1) is 17.8. The Labute approximate surface area is 147 Å². The molecule has 25 heavy (non-hydrogen) atoms. The molecule has 8 nitrogen and oxygen atoms in total. The summed E-state index contributed by atoms with van der Waals surface area (Å²) in [7, 11) is -0.320. The summed E-state index contributed by atoms with van der Waals surface area (Å²) >= 11 is 0. The Balaban J connectivity index is 1.69. The molecule has 0 unspecified atom stereocenters. The van der Waals surface area contributed by atoms with Crippen LogP contribution in [0.5, 0.6) is 5.75 Å². The Morgan fingerprint density at radius 3 is 2.44 bits per heavy atom. The number of benzene rings is 1. The Bertz CT molecular complexity index is 796. The molecule has 2 heterocycles. The first-order chi connectivity index (χ1) is 12.1. The van der Waals surface area contributed by atoms with Gasteiger partial charge in [-0.25, -0.2) is 8.42 Å². The van der Waals surface area contributed by atoms with Crippen molar-refractivity contribution in [3.63, 3.8) is 0 Å². The minimum Gasteiger partial charge on any atom is -0.497 e. The molecule has 3 rings (SSSR count). The summed E-state index contributed by atoms with van der Waals surface area (Å²) in [5.41, 5.74) is 0. The second kappa shape index (κ2) is 7.51. The molecule has 0 atom stereocenters. The van der Waals surface area contributed by atoms with Gasteiger partial charge >= 0.3 is 0 Å². The molecular weight excluding hydrogens is 344 g/mol. The fourth-order valence-electron chi connectivity index (χ4n) is 3.06. The van der Waals surface area contributed by atoms with Gasteiger partial charge in [0.25, 0.3) is 0 Å². The Morgan fingerprint density at radius 1 is 1.16 bits per heavy atom. The lowest BCUT2D eigenvalue weighted by molar-refractivity contribution is 0.167. The summed E-state index contributed by atoms with van der Waals surface area (Å²) in [5.74, 6) is 1.40. The van der Waals surface area contributed by atoms with E-state index in [1.165, 1.54) is 4.31 Å². The third kappa shape index (κ3) is 3.68. The molecule has 1 saturated heterocycles. The first-order valence-corrected chi connectivity index (χ1v) is 9.52. The predicted octanol–water partition coefficient (Wildman–Crippen LogP) is 1.46. The maximum atomic E-state index is 12.8. The van der Waals surface area contributed by atoms with Crippen molar-refractivity contribution in [2.75, 3.05) is 27.3 Å². The quantitative estimate of drug-likeness (QED) is 0.769. The largest absolute Gasteiger partial charge is 0.497 e. The molecule has 1 aliphatic rings. The summed E-state index contributed by atoms with van der Waals surface area (Å²) in [6.07, 6.45) is 3.11. The van der Waals surface area contributed by atoms with Gasteiger partial charge in [-0.2, -0.15) is 4.31 Å². The van der Waals surface area contributed by atoms with Gasteiger partial charge in [0.2, 0.25) is 10.0 Å². The summed E-state index contributed by atoms with van der Waals surface area (Å²) in [5, 5.41) is 7.99. The zero-order valence-electron chi connectivity index (χ0n) is 14.3. The predicted molar refractivity (Wildman–Crippen MR) is 90.8 cm³/mol. The van der Waals surface area contributed by atoms with Crippen LogP contribution < -0.4 is 4.74 Å². The average Bonchev–Trinajstić information content (AvgIpc) is 3.10. The monoisotopic (exact) mass is 366 g/mol. The number of piperidine rings is 1. The van der Waals surface area contributed by atoms with Gasteiger partial charge < -0.3 is 14.0 Å². The van der Waals surface area contributed by atoms with E-state index in [9.17, 15) is 8.42 Å². The highest BCUT2D eigenvalue weighted by molar-refractivity contribution is 7.89. The first-order valence-electron chi connectivity index (χ1n) is 8.08. The lowest BCUT2D eigenvalue weighted by Crippen LogP contribution is -2.39. The van der Waals surface area contributed by atoms with E-state index in [-0.39, 0.29) is 10.9 Å². The van der Waals surface area contributed by atoms with Crippen molar-refractivity contribution in [2.45, 2.75) is 30.4 Å². The van der Waals surface area contributed by atoms with Crippen molar-refractivity contribution in [3.05, 3.63) is 36.4 Å². The van der Waals surface area contributed by atoms with Gasteiger partial charge in [-0.3, -0.25) is 0 Å². The van der Waals surface area contributed by atoms with E-state index in [0.717, 1.165) is 5.82 Å². The topological polar surface area (TPSA) is 86.6 Å². The van der Waals surface area contributed by atoms with E-state index >= 15 is 0 Å². The van der Waals surface area contributed by atoms with Crippen molar-refractivity contribution >= 4 is 10.0 Å². The second-order valence-electron chi connectivity index (χ2n) is 5.90. The summed E-state index contributed by atoms with van der Waals surface area (Å²) in [4.78, 5) is 0.288. The summed E-state index contributed by atoms with van der Waals surface area (Å²) in [6, 6.07) is 6.66. The molecule has 1 aromatic heterocycles. The van der Waals surface area contributed by atoms with E-state index in [0.29, 0.717) is 38.3 Å². The van der Waals surface area contributed by atoms with Crippen molar-refractivity contribution in [1.29, 1.82) is 0 Å². The van der Waals surface area contributed by atoms with Crippen LogP contribution in [0.3, 0.4) is 0 Å². The molecule has 0 amide bonds. The Morgan fingerprint density at radius 2 is 1.84 bits per heavy atom. The lowest BCUT2D eigenvalue weighted by atomic mass is 10.1. The molecule has 2 aromatic rings. The van der Waals surface area contributed by atoms with Crippen molar-refractivity contribution in [3.8, 4) is 5.75 Å². The van der Waals surface area contributed by atoms with Crippen LogP contribution in [0, 0.1) is 0 Å².